The largest absolute Gasteiger partial charge is 0.399 e. The number of nitrogens with two attached hydrogens (primary N) is 1. The Labute approximate surface area is 93.2 Å². The van der Waals surface area contributed by atoms with Crippen molar-refractivity contribution in [2.45, 2.75) is 6.42 Å². The highest BCUT2D eigenvalue weighted by Gasteiger charge is 2.07. The molecule has 2 aromatic rings. The van der Waals surface area contributed by atoms with Crippen LogP contribution in [0.25, 0.3) is 11.5 Å². The van der Waals surface area contributed by atoms with Gasteiger partial charge >= 0.3 is 0 Å². The van der Waals surface area contributed by atoms with Crippen molar-refractivity contribution in [2.24, 2.45) is 0 Å². The van der Waals surface area contributed by atoms with Crippen LogP contribution in [0.1, 0.15) is 5.82 Å². The number of ether oxygens (including phenoxy) is 1. The van der Waals surface area contributed by atoms with Crippen LogP contribution in [0.5, 0.6) is 0 Å². The topological polar surface area (TPSA) is 74.2 Å². The molecule has 0 aliphatic rings. The number of hydrogen-bond acceptors (Lipinski definition) is 5. The van der Waals surface area contributed by atoms with Crippen molar-refractivity contribution >= 4 is 5.69 Å². The average Bonchev–Trinajstić information content (AvgIpc) is 2.76. The Bertz CT molecular complexity index is 451. The summed E-state index contributed by atoms with van der Waals surface area (Å²) in [6.45, 7) is 0.584. The summed E-state index contributed by atoms with van der Waals surface area (Å²) in [6.07, 6.45) is 0.648. The van der Waals surface area contributed by atoms with Crippen molar-refractivity contribution in [1.82, 2.24) is 10.1 Å². The van der Waals surface area contributed by atoms with E-state index in [1.54, 1.807) is 19.2 Å². The Morgan fingerprint density at radius 2 is 2.06 bits per heavy atom. The van der Waals surface area contributed by atoms with Crippen molar-refractivity contribution in [3.63, 3.8) is 0 Å². The second kappa shape index (κ2) is 4.76. The lowest BCUT2D eigenvalue weighted by Gasteiger charge is -1.94. The minimum Gasteiger partial charge on any atom is -0.399 e. The van der Waals surface area contributed by atoms with E-state index in [0.29, 0.717) is 30.4 Å². The molecule has 0 saturated heterocycles. The molecule has 0 atom stereocenters. The van der Waals surface area contributed by atoms with Crippen molar-refractivity contribution in [3.05, 3.63) is 30.1 Å². The quantitative estimate of drug-likeness (QED) is 0.789. The van der Waals surface area contributed by atoms with Crippen LogP contribution in [0.4, 0.5) is 5.69 Å². The zero-order chi connectivity index (χ0) is 11.4. The molecule has 0 fully saturated rings. The third-order valence-electron chi connectivity index (χ3n) is 2.16. The van der Waals surface area contributed by atoms with E-state index in [9.17, 15) is 0 Å². The number of nitrogen functional groups attached to an aromatic ring is 1. The van der Waals surface area contributed by atoms with Crippen LogP contribution in [0.3, 0.4) is 0 Å². The molecule has 0 aliphatic carbocycles. The SMILES string of the molecule is COCCc1noc(-c2ccc(N)cc2)n1. The number of hydrogen-bond donors (Lipinski definition) is 1. The van der Waals surface area contributed by atoms with Gasteiger partial charge in [0.2, 0.25) is 0 Å². The van der Waals surface area contributed by atoms with Crippen molar-refractivity contribution in [2.75, 3.05) is 19.5 Å². The summed E-state index contributed by atoms with van der Waals surface area (Å²) in [5.74, 6) is 1.15. The second-order valence-corrected chi connectivity index (χ2v) is 3.38. The van der Waals surface area contributed by atoms with E-state index in [4.69, 9.17) is 15.0 Å². The van der Waals surface area contributed by atoms with Crippen molar-refractivity contribution < 1.29 is 9.26 Å². The summed E-state index contributed by atoms with van der Waals surface area (Å²) in [7, 11) is 1.64. The highest BCUT2D eigenvalue weighted by molar-refractivity contribution is 5.56. The number of methoxy groups -OCH3 is 1. The van der Waals surface area contributed by atoms with E-state index in [1.165, 1.54) is 0 Å². The van der Waals surface area contributed by atoms with Gasteiger partial charge in [0.25, 0.3) is 5.89 Å². The van der Waals surface area contributed by atoms with Crippen LogP contribution in [-0.2, 0) is 11.2 Å². The monoisotopic (exact) mass is 219 g/mol. The zero-order valence-electron chi connectivity index (χ0n) is 9.01. The fourth-order valence-electron chi connectivity index (χ4n) is 1.29. The van der Waals surface area contributed by atoms with Gasteiger partial charge in [0.05, 0.1) is 6.61 Å². The lowest BCUT2D eigenvalue weighted by atomic mass is 10.2. The van der Waals surface area contributed by atoms with E-state index in [0.717, 1.165) is 5.56 Å². The number of aromatic nitrogens is 2. The molecular weight excluding hydrogens is 206 g/mol. The fraction of sp³-hybridized carbons (Fsp3) is 0.273. The molecule has 0 spiro atoms. The first-order chi connectivity index (χ1) is 7.79. The van der Waals surface area contributed by atoms with Gasteiger partial charge in [0.15, 0.2) is 5.82 Å². The molecule has 2 rings (SSSR count). The summed E-state index contributed by atoms with van der Waals surface area (Å²) in [4.78, 5) is 4.25. The Morgan fingerprint density at radius 3 is 2.75 bits per heavy atom. The molecule has 1 aromatic heterocycles. The first kappa shape index (κ1) is 10.6. The molecular formula is C11H13N3O2. The molecule has 5 heteroatoms. The fourth-order valence-corrected chi connectivity index (χ4v) is 1.29. The van der Waals surface area contributed by atoms with Gasteiger partial charge in [-0.15, -0.1) is 0 Å². The third-order valence-corrected chi connectivity index (χ3v) is 2.16. The minimum absolute atomic E-state index is 0.506. The molecule has 1 aromatic carbocycles. The summed E-state index contributed by atoms with van der Waals surface area (Å²) in [5, 5.41) is 3.86. The van der Waals surface area contributed by atoms with E-state index in [1.807, 2.05) is 12.1 Å². The Balaban J connectivity index is 2.15. The second-order valence-electron chi connectivity index (χ2n) is 3.38. The van der Waals surface area contributed by atoms with E-state index >= 15 is 0 Å². The van der Waals surface area contributed by atoms with Gasteiger partial charge in [-0.2, -0.15) is 4.98 Å². The van der Waals surface area contributed by atoms with Gasteiger partial charge in [-0.05, 0) is 24.3 Å². The maximum Gasteiger partial charge on any atom is 0.257 e. The number of nitrogens with zero attached hydrogens (tertiary/aromatic N) is 2. The predicted octanol–water partition coefficient (Wildman–Crippen LogP) is 1.51. The average molecular weight is 219 g/mol. The summed E-state index contributed by atoms with van der Waals surface area (Å²) >= 11 is 0. The minimum atomic E-state index is 0.506. The van der Waals surface area contributed by atoms with Gasteiger partial charge in [0, 0.05) is 24.8 Å². The van der Waals surface area contributed by atoms with Crippen LogP contribution >= 0.6 is 0 Å². The number of anilines is 1. The van der Waals surface area contributed by atoms with Crippen molar-refractivity contribution in [1.29, 1.82) is 0 Å². The third kappa shape index (κ3) is 2.38. The van der Waals surface area contributed by atoms with Gasteiger partial charge < -0.3 is 15.0 Å². The highest BCUT2D eigenvalue weighted by atomic mass is 16.5. The molecule has 0 saturated carbocycles. The maximum absolute atomic E-state index is 5.59. The summed E-state index contributed by atoms with van der Waals surface area (Å²) < 4.78 is 10.1. The first-order valence-corrected chi connectivity index (χ1v) is 4.97. The lowest BCUT2D eigenvalue weighted by molar-refractivity contribution is 0.199. The Hall–Kier alpha value is -1.88. The smallest absolute Gasteiger partial charge is 0.257 e. The molecule has 0 aliphatic heterocycles. The van der Waals surface area contributed by atoms with Gasteiger partial charge in [-0.25, -0.2) is 0 Å². The molecule has 0 amide bonds. The molecule has 5 nitrogen and oxygen atoms in total. The predicted molar refractivity (Wildman–Crippen MR) is 59.7 cm³/mol. The zero-order valence-corrected chi connectivity index (χ0v) is 9.01. The van der Waals surface area contributed by atoms with Gasteiger partial charge in [-0.3, -0.25) is 0 Å². The maximum atomic E-state index is 5.59. The molecule has 16 heavy (non-hydrogen) atoms. The van der Waals surface area contributed by atoms with Crippen LogP contribution in [0.2, 0.25) is 0 Å². The molecule has 2 N–H and O–H groups in total. The van der Waals surface area contributed by atoms with Crippen LogP contribution in [0, 0.1) is 0 Å². The molecule has 0 unspecified atom stereocenters. The van der Waals surface area contributed by atoms with E-state index < -0.39 is 0 Å². The first-order valence-electron chi connectivity index (χ1n) is 4.97. The van der Waals surface area contributed by atoms with Crippen molar-refractivity contribution in [3.8, 4) is 11.5 Å². The normalized spacial score (nSPS) is 10.6. The van der Waals surface area contributed by atoms with E-state index in [-0.39, 0.29) is 0 Å². The summed E-state index contributed by atoms with van der Waals surface area (Å²) in [5.41, 5.74) is 7.17. The highest BCUT2D eigenvalue weighted by Crippen LogP contribution is 2.18. The Kier molecular flexibility index (Phi) is 3.16. The molecule has 1 heterocycles. The molecule has 0 bridgehead atoms. The van der Waals surface area contributed by atoms with Crippen LogP contribution in [0.15, 0.2) is 28.8 Å². The van der Waals surface area contributed by atoms with Gasteiger partial charge in [0.1, 0.15) is 0 Å². The molecule has 0 radical (unpaired) electrons. The number of rotatable bonds is 4. The molecule has 84 valence electrons. The van der Waals surface area contributed by atoms with Gasteiger partial charge in [-0.1, -0.05) is 5.16 Å². The lowest BCUT2D eigenvalue weighted by Crippen LogP contribution is -1.96. The summed E-state index contributed by atoms with van der Waals surface area (Å²) in [6, 6.07) is 7.30. The standard InChI is InChI=1S/C11H13N3O2/c1-15-7-6-10-13-11(16-14-10)8-2-4-9(12)5-3-8/h2-5H,6-7,12H2,1H3. The Morgan fingerprint density at radius 1 is 1.31 bits per heavy atom. The van der Waals surface area contributed by atoms with Crippen LogP contribution < -0.4 is 5.73 Å². The van der Waals surface area contributed by atoms with E-state index in [2.05, 4.69) is 10.1 Å². The number of benzene rings is 1. The van der Waals surface area contributed by atoms with Crippen LogP contribution in [-0.4, -0.2) is 23.9 Å².